The van der Waals surface area contributed by atoms with E-state index in [1.165, 1.54) is 11.1 Å². The van der Waals surface area contributed by atoms with E-state index in [-0.39, 0.29) is 0 Å². The maximum Gasteiger partial charge on any atom is 0.490 e. The topological polar surface area (TPSA) is 171 Å². The molecule has 0 heterocycles. The number of hydrogen-bond acceptors (Lipinski definition) is 5. The van der Waals surface area contributed by atoms with Gasteiger partial charge in [-0.25, -0.2) is 13.7 Å². The zero-order valence-electron chi connectivity index (χ0n) is 13.5. The number of hydrogen-bond donors (Lipinski definition) is 5. The average molecular weight is 438 g/mol. The highest BCUT2D eigenvalue weighted by molar-refractivity contribution is 7.66. The summed E-state index contributed by atoms with van der Waals surface area (Å²) < 4.78 is 36.4. The lowest BCUT2D eigenvalue weighted by atomic mass is 10.1. The van der Waals surface area contributed by atoms with E-state index in [0.717, 1.165) is 0 Å². The molecule has 5 N–H and O–H groups in total. The molecule has 0 radical (unpaired) electrons. The first-order valence-electron chi connectivity index (χ1n) is 7.01. The third kappa shape index (κ3) is 12.6. The normalized spacial score (nSPS) is 12.5. The summed E-state index contributed by atoms with van der Waals surface area (Å²) in [4.78, 5) is 40.2. The molecule has 0 spiro atoms. The summed E-state index contributed by atoms with van der Waals surface area (Å²) >= 11 is 0. The molecule has 0 fully saturated rings. The lowest BCUT2D eigenvalue weighted by Crippen LogP contribution is -1.91. The Morgan fingerprint density at radius 2 is 0.889 bits per heavy atom. The Bertz CT molecular complexity index is 803. The van der Waals surface area contributed by atoms with E-state index < -0.39 is 23.5 Å². The van der Waals surface area contributed by atoms with Crippen LogP contribution < -0.4 is 0 Å². The summed E-state index contributed by atoms with van der Waals surface area (Å²) in [6, 6.07) is 20.6. The van der Waals surface area contributed by atoms with Gasteiger partial charge in [0.25, 0.3) is 0 Å². The highest BCUT2D eigenvalue weighted by Gasteiger charge is 2.38. The molecular weight excluding hydrogens is 421 g/mol. The van der Waals surface area contributed by atoms with E-state index in [9.17, 15) is 13.7 Å². The van der Waals surface area contributed by atoms with Crippen molar-refractivity contribution < 1.29 is 46.8 Å². The van der Waals surface area contributed by atoms with Crippen molar-refractivity contribution in [1.29, 1.82) is 0 Å². The van der Waals surface area contributed by atoms with Gasteiger partial charge in [-0.05, 0) is 11.1 Å². The maximum atomic E-state index is 10.4. The van der Waals surface area contributed by atoms with Crippen LogP contribution in [0.25, 0.3) is 12.2 Å². The third-order valence-electron chi connectivity index (χ3n) is 2.49. The molecule has 2 aromatic rings. The Kier molecular flexibility index (Phi) is 8.94. The van der Waals surface area contributed by atoms with E-state index in [4.69, 9.17) is 24.5 Å². The van der Waals surface area contributed by atoms with Gasteiger partial charge in [0.1, 0.15) is 0 Å². The van der Waals surface area contributed by atoms with Gasteiger partial charge in [0.15, 0.2) is 0 Å². The highest BCUT2D eigenvalue weighted by atomic mass is 31.3. The summed E-state index contributed by atoms with van der Waals surface area (Å²) in [6.07, 6.45) is 4.24. The Morgan fingerprint density at radius 1 is 0.593 bits per heavy atom. The summed E-state index contributed by atoms with van der Waals surface area (Å²) in [5.41, 5.74) is 2.47. The zero-order chi connectivity index (χ0) is 20.6. The quantitative estimate of drug-likeness (QED) is 0.333. The van der Waals surface area contributed by atoms with Crippen LogP contribution in [0.3, 0.4) is 0 Å². The van der Waals surface area contributed by atoms with Gasteiger partial charge < -0.3 is 24.5 Å². The van der Waals surface area contributed by atoms with Crippen molar-refractivity contribution in [3.8, 4) is 0 Å². The molecule has 0 saturated heterocycles. The van der Waals surface area contributed by atoms with Crippen molar-refractivity contribution in [3.63, 3.8) is 0 Å². The van der Waals surface area contributed by atoms with Gasteiger partial charge in [-0.3, -0.25) is 0 Å². The van der Waals surface area contributed by atoms with E-state index in [1.54, 1.807) is 0 Å². The van der Waals surface area contributed by atoms with Crippen LogP contribution in [-0.4, -0.2) is 24.5 Å². The molecule has 2 aromatic carbocycles. The third-order valence-corrected chi connectivity index (χ3v) is 5.84. The van der Waals surface area contributed by atoms with Crippen LogP contribution >= 0.6 is 23.5 Å². The Balaban J connectivity index is 0.000000271. The molecule has 10 nitrogen and oxygen atoms in total. The second kappa shape index (κ2) is 10.2. The van der Waals surface area contributed by atoms with Crippen molar-refractivity contribution in [3.05, 3.63) is 71.8 Å². The zero-order valence-corrected chi connectivity index (χ0v) is 16.2. The smallest absolute Gasteiger partial charge is 0.302 e. The largest absolute Gasteiger partial charge is 0.490 e. The fraction of sp³-hybridized carbons (Fsp3) is 0. The molecule has 0 unspecified atom stereocenters. The molecule has 0 bridgehead atoms. The van der Waals surface area contributed by atoms with Crippen molar-refractivity contribution in [1.82, 2.24) is 0 Å². The molecule has 148 valence electrons. The van der Waals surface area contributed by atoms with Gasteiger partial charge in [-0.1, -0.05) is 72.8 Å². The summed E-state index contributed by atoms with van der Waals surface area (Å²) in [5, 5.41) is 0. The predicted octanol–water partition coefficient (Wildman–Crippen LogP) is 3.16. The summed E-state index contributed by atoms with van der Waals surface area (Å²) in [7, 11) is -16.2. The number of rotatable bonds is 6. The van der Waals surface area contributed by atoms with Crippen LogP contribution in [0.15, 0.2) is 60.7 Å². The SMILES string of the molecule is C(=Cc1ccccc1)c1ccccc1.O=P(O)(O)OP(=O)(O)OP(=O)(O)O. The second-order valence-corrected chi connectivity index (χ2v) is 8.97. The first-order chi connectivity index (χ1) is 12.4. The van der Waals surface area contributed by atoms with Gasteiger partial charge >= 0.3 is 23.5 Å². The molecule has 0 amide bonds. The van der Waals surface area contributed by atoms with Crippen LogP contribution in [0, 0.1) is 0 Å². The van der Waals surface area contributed by atoms with E-state index >= 15 is 0 Å². The van der Waals surface area contributed by atoms with Crippen molar-refractivity contribution in [2.24, 2.45) is 0 Å². The van der Waals surface area contributed by atoms with Gasteiger partial charge in [0, 0.05) is 0 Å². The molecule has 27 heavy (non-hydrogen) atoms. The average Bonchev–Trinajstić information content (AvgIpc) is 2.51. The van der Waals surface area contributed by atoms with Gasteiger partial charge in [0.2, 0.25) is 0 Å². The monoisotopic (exact) mass is 438 g/mol. The summed E-state index contributed by atoms with van der Waals surface area (Å²) in [6.45, 7) is 0. The Morgan fingerprint density at radius 3 is 1.15 bits per heavy atom. The molecular formula is C14H17O10P3. The maximum absolute atomic E-state index is 10.4. The molecule has 0 atom stereocenters. The van der Waals surface area contributed by atoms with Crippen LogP contribution in [-0.2, 0) is 22.3 Å². The van der Waals surface area contributed by atoms with Crippen molar-refractivity contribution >= 4 is 35.6 Å². The Hall–Kier alpha value is -1.41. The second-order valence-electron chi connectivity index (χ2n) is 4.77. The highest BCUT2D eigenvalue weighted by Crippen LogP contribution is 2.64. The molecule has 0 aliphatic rings. The fourth-order valence-corrected chi connectivity index (χ4v) is 4.14. The van der Waals surface area contributed by atoms with Gasteiger partial charge in [0.05, 0.1) is 0 Å². The fourth-order valence-electron chi connectivity index (χ4n) is 1.60. The lowest BCUT2D eigenvalue weighted by molar-refractivity contribution is 0.204. The standard InChI is InChI=1S/C14H12.H5O10P3/c1-3-7-13(8-4-1)11-12-14-9-5-2-6-10-14;1-11(2,3)9-13(7,8)10-12(4,5)6/h1-12H;(H,7,8)(H2,1,2,3)(H2,4,5,6). The molecule has 13 heteroatoms. The molecule has 0 aromatic heterocycles. The van der Waals surface area contributed by atoms with Gasteiger partial charge in [-0.2, -0.15) is 8.62 Å². The molecule has 2 rings (SSSR count). The lowest BCUT2D eigenvalue weighted by Gasteiger charge is -2.11. The molecule has 0 saturated carbocycles. The van der Waals surface area contributed by atoms with Crippen molar-refractivity contribution in [2.75, 3.05) is 0 Å². The van der Waals surface area contributed by atoms with Crippen molar-refractivity contribution in [2.45, 2.75) is 0 Å². The minimum atomic E-state index is -5.46. The van der Waals surface area contributed by atoms with Crippen LogP contribution in [0.4, 0.5) is 0 Å². The molecule has 0 aliphatic heterocycles. The van der Waals surface area contributed by atoms with E-state index in [1.807, 2.05) is 36.4 Å². The predicted molar refractivity (Wildman–Crippen MR) is 97.9 cm³/mol. The number of benzene rings is 2. The summed E-state index contributed by atoms with van der Waals surface area (Å²) in [5.74, 6) is 0. The van der Waals surface area contributed by atoms with Crippen LogP contribution in [0.1, 0.15) is 11.1 Å². The minimum Gasteiger partial charge on any atom is -0.302 e. The minimum absolute atomic E-state index is 1.23. The number of phosphoric acid groups is 3. The first kappa shape index (κ1) is 23.6. The van der Waals surface area contributed by atoms with Crippen LogP contribution in [0.2, 0.25) is 0 Å². The first-order valence-corrected chi connectivity index (χ1v) is 11.6. The van der Waals surface area contributed by atoms with Gasteiger partial charge in [-0.15, -0.1) is 0 Å². The Labute approximate surface area is 154 Å². The van der Waals surface area contributed by atoms with E-state index in [2.05, 4.69) is 45.0 Å². The molecule has 0 aliphatic carbocycles. The van der Waals surface area contributed by atoms with Crippen LogP contribution in [0.5, 0.6) is 0 Å². The van der Waals surface area contributed by atoms with E-state index in [0.29, 0.717) is 0 Å².